The van der Waals surface area contributed by atoms with Gasteiger partial charge in [0.15, 0.2) is 0 Å². The number of hydrogen-bond acceptors (Lipinski definition) is 4. The van der Waals surface area contributed by atoms with Crippen LogP contribution in [0.4, 0.5) is 18.9 Å². The van der Waals surface area contributed by atoms with Gasteiger partial charge < -0.3 is 10.1 Å². The summed E-state index contributed by atoms with van der Waals surface area (Å²) in [6, 6.07) is 8.02. The monoisotopic (exact) mass is 441 g/mol. The van der Waals surface area contributed by atoms with Gasteiger partial charge in [-0.3, -0.25) is 0 Å². The number of aromatic nitrogens is 2. The third-order valence-corrected chi connectivity index (χ3v) is 6.19. The van der Waals surface area contributed by atoms with E-state index in [4.69, 9.17) is 4.74 Å². The quantitative estimate of drug-likeness (QED) is 0.711. The van der Waals surface area contributed by atoms with Gasteiger partial charge in [-0.25, -0.2) is 9.97 Å². The van der Waals surface area contributed by atoms with Crippen LogP contribution in [0.15, 0.2) is 41.1 Å². The van der Waals surface area contributed by atoms with Crippen molar-refractivity contribution in [2.24, 2.45) is 5.41 Å². The first-order valence-corrected chi connectivity index (χ1v) is 9.63. The van der Waals surface area contributed by atoms with Crippen molar-refractivity contribution in [2.45, 2.75) is 37.5 Å². The largest absolute Gasteiger partial charge is 0.451 e. The van der Waals surface area contributed by atoms with Gasteiger partial charge in [-0.2, -0.15) is 13.2 Å². The zero-order chi connectivity index (χ0) is 19.1. The molecule has 2 bridgehead atoms. The molecular formula is C19H19BrF3N3O. The van der Waals surface area contributed by atoms with Gasteiger partial charge in [0.1, 0.15) is 0 Å². The Morgan fingerprint density at radius 2 is 1.81 bits per heavy atom. The Kier molecular flexibility index (Phi) is 4.66. The molecule has 0 atom stereocenters. The van der Waals surface area contributed by atoms with Crippen molar-refractivity contribution in [3.8, 4) is 0 Å². The minimum Gasteiger partial charge on any atom is -0.384 e. The van der Waals surface area contributed by atoms with E-state index in [-0.39, 0.29) is 5.41 Å². The number of anilines is 1. The second-order valence-electron chi connectivity index (χ2n) is 7.44. The van der Waals surface area contributed by atoms with Gasteiger partial charge in [0, 0.05) is 40.1 Å². The number of ether oxygens (including phenoxy) is 1. The van der Waals surface area contributed by atoms with Crippen molar-refractivity contribution in [1.82, 2.24) is 9.97 Å². The van der Waals surface area contributed by atoms with Crippen LogP contribution in [0.3, 0.4) is 0 Å². The molecule has 5 rings (SSSR count). The molecule has 4 nitrogen and oxygen atoms in total. The van der Waals surface area contributed by atoms with Crippen molar-refractivity contribution < 1.29 is 17.9 Å². The van der Waals surface area contributed by atoms with E-state index >= 15 is 0 Å². The van der Waals surface area contributed by atoms with E-state index in [2.05, 4.69) is 31.2 Å². The fraction of sp³-hybridized carbons (Fsp3) is 0.474. The molecule has 0 amide bonds. The highest BCUT2D eigenvalue weighted by molar-refractivity contribution is 9.10. The van der Waals surface area contributed by atoms with Gasteiger partial charge in [-0.05, 0) is 43.9 Å². The molecule has 1 aromatic heterocycles. The lowest BCUT2D eigenvalue weighted by molar-refractivity contribution is -0.185. The Hall–Kier alpha value is -1.67. The van der Waals surface area contributed by atoms with Crippen LogP contribution in [0.25, 0.3) is 0 Å². The van der Waals surface area contributed by atoms with Crippen LogP contribution in [0.5, 0.6) is 0 Å². The van der Waals surface area contributed by atoms with E-state index in [1.54, 1.807) is 0 Å². The van der Waals surface area contributed by atoms with E-state index in [0.717, 1.165) is 42.4 Å². The number of alkyl halides is 3. The molecule has 1 N–H and O–H groups in total. The van der Waals surface area contributed by atoms with E-state index in [0.29, 0.717) is 12.2 Å². The molecule has 1 saturated carbocycles. The van der Waals surface area contributed by atoms with E-state index in [9.17, 15) is 13.2 Å². The summed E-state index contributed by atoms with van der Waals surface area (Å²) in [4.78, 5) is 7.01. The molecule has 3 heterocycles. The summed E-state index contributed by atoms with van der Waals surface area (Å²) in [5, 5.41) is 3.49. The number of benzene rings is 1. The highest BCUT2D eigenvalue weighted by Crippen LogP contribution is 2.53. The SMILES string of the molecule is FC(F)(F)c1ncc(C23CCC(CNc4cccc(Br)c4)(CC2)CO3)cn1. The van der Waals surface area contributed by atoms with Crippen LogP contribution in [0.2, 0.25) is 0 Å². The predicted molar refractivity (Wildman–Crippen MR) is 98.2 cm³/mol. The Morgan fingerprint density at radius 1 is 1.11 bits per heavy atom. The van der Waals surface area contributed by atoms with Gasteiger partial charge in [-0.15, -0.1) is 0 Å². The molecule has 27 heavy (non-hydrogen) atoms. The second kappa shape index (κ2) is 6.74. The molecule has 8 heteroatoms. The summed E-state index contributed by atoms with van der Waals surface area (Å²) >= 11 is 3.47. The fourth-order valence-corrected chi connectivity index (χ4v) is 4.36. The number of halogens is 4. The molecule has 2 saturated heterocycles. The fourth-order valence-electron chi connectivity index (χ4n) is 3.96. The topological polar surface area (TPSA) is 47.0 Å². The van der Waals surface area contributed by atoms with Gasteiger partial charge in [0.05, 0.1) is 12.2 Å². The Bertz CT molecular complexity index is 801. The maximum absolute atomic E-state index is 12.7. The van der Waals surface area contributed by atoms with Gasteiger partial charge in [-0.1, -0.05) is 22.0 Å². The predicted octanol–water partition coefficient (Wildman–Crippen LogP) is 5.16. The lowest BCUT2D eigenvalue weighted by Crippen LogP contribution is -2.52. The summed E-state index contributed by atoms with van der Waals surface area (Å²) in [5.74, 6) is -1.11. The summed E-state index contributed by atoms with van der Waals surface area (Å²) < 4.78 is 45.2. The number of fused-ring (bicyclic) bond motifs is 3. The first-order chi connectivity index (χ1) is 12.8. The summed E-state index contributed by atoms with van der Waals surface area (Å²) in [5.41, 5.74) is 1.19. The third-order valence-electron chi connectivity index (χ3n) is 5.70. The molecule has 2 aromatic rings. The summed E-state index contributed by atoms with van der Waals surface area (Å²) in [6.07, 6.45) is 1.46. The normalized spacial score (nSPS) is 27.6. The van der Waals surface area contributed by atoms with Crippen LogP contribution >= 0.6 is 15.9 Å². The van der Waals surface area contributed by atoms with Crippen molar-refractivity contribution in [2.75, 3.05) is 18.5 Å². The minimum absolute atomic E-state index is 0.0524. The third kappa shape index (κ3) is 3.69. The smallest absolute Gasteiger partial charge is 0.384 e. The molecule has 3 aliphatic rings. The zero-order valence-electron chi connectivity index (χ0n) is 14.5. The highest BCUT2D eigenvalue weighted by atomic mass is 79.9. The Balaban J connectivity index is 1.43. The molecule has 144 valence electrons. The maximum Gasteiger partial charge on any atom is 0.451 e. The van der Waals surface area contributed by atoms with Crippen LogP contribution < -0.4 is 5.32 Å². The van der Waals surface area contributed by atoms with Crippen LogP contribution in [-0.4, -0.2) is 23.1 Å². The average Bonchev–Trinajstić information content (AvgIpc) is 2.68. The van der Waals surface area contributed by atoms with Crippen molar-refractivity contribution in [3.63, 3.8) is 0 Å². The molecule has 1 aliphatic carbocycles. The number of nitrogens with zero attached hydrogens (tertiary/aromatic N) is 2. The summed E-state index contributed by atoms with van der Waals surface area (Å²) in [7, 11) is 0. The zero-order valence-corrected chi connectivity index (χ0v) is 16.1. The molecule has 0 unspecified atom stereocenters. The van der Waals surface area contributed by atoms with Crippen molar-refractivity contribution in [3.05, 3.63) is 52.5 Å². The van der Waals surface area contributed by atoms with E-state index in [1.807, 2.05) is 24.3 Å². The summed E-state index contributed by atoms with van der Waals surface area (Å²) in [6.45, 7) is 1.39. The van der Waals surface area contributed by atoms with Gasteiger partial charge >= 0.3 is 6.18 Å². The number of nitrogens with one attached hydrogen (secondary N) is 1. The van der Waals surface area contributed by atoms with E-state index < -0.39 is 17.6 Å². The number of hydrogen-bond donors (Lipinski definition) is 1. The Morgan fingerprint density at radius 3 is 2.37 bits per heavy atom. The standard InChI is InChI=1S/C19H19BrF3N3O/c20-14-2-1-3-15(8-14)26-11-17-4-6-18(7-5-17,27-12-17)13-9-24-16(25-10-13)19(21,22)23/h1-3,8-10,26H,4-7,11-12H2. The van der Waals surface area contributed by atoms with E-state index in [1.165, 1.54) is 12.4 Å². The van der Waals surface area contributed by atoms with Crippen molar-refractivity contribution in [1.29, 1.82) is 0 Å². The van der Waals surface area contributed by atoms with Crippen LogP contribution in [-0.2, 0) is 16.5 Å². The van der Waals surface area contributed by atoms with Crippen molar-refractivity contribution >= 4 is 21.6 Å². The lowest BCUT2D eigenvalue weighted by atomic mass is 9.64. The second-order valence-corrected chi connectivity index (χ2v) is 8.36. The molecule has 3 fully saturated rings. The molecule has 2 aliphatic heterocycles. The molecule has 0 radical (unpaired) electrons. The molecule has 0 spiro atoms. The maximum atomic E-state index is 12.7. The van der Waals surface area contributed by atoms with Crippen LogP contribution in [0.1, 0.15) is 37.1 Å². The first-order valence-electron chi connectivity index (χ1n) is 8.84. The molecular weight excluding hydrogens is 423 g/mol. The first kappa shape index (κ1) is 18.7. The van der Waals surface area contributed by atoms with Crippen LogP contribution in [0, 0.1) is 5.41 Å². The molecule has 1 aromatic carbocycles. The minimum atomic E-state index is -4.52. The van der Waals surface area contributed by atoms with Gasteiger partial charge in [0.2, 0.25) is 5.82 Å². The highest BCUT2D eigenvalue weighted by Gasteiger charge is 2.51. The average molecular weight is 442 g/mol. The lowest BCUT2D eigenvalue weighted by Gasteiger charge is -2.53. The Labute approximate surface area is 163 Å². The number of rotatable bonds is 4. The van der Waals surface area contributed by atoms with Gasteiger partial charge in [0.25, 0.3) is 0 Å².